The number of nitrogens with two attached hydrogens (primary N) is 9. The van der Waals surface area contributed by atoms with Crippen LogP contribution in [0.1, 0.15) is 229 Å². The van der Waals surface area contributed by atoms with Crippen LogP contribution < -0.4 is 117 Å². The maximum absolute atomic E-state index is 12.4. The zero-order valence-corrected chi connectivity index (χ0v) is 89.7. The number of methoxy groups -OCH3 is 1. The van der Waals surface area contributed by atoms with E-state index in [2.05, 4.69) is 50.0 Å². The first-order valence-corrected chi connectivity index (χ1v) is 51.9. The number of piperazine rings is 1. The Hall–Kier alpha value is -14.1. The van der Waals surface area contributed by atoms with Crippen molar-refractivity contribution in [2.24, 2.45) is 52.6 Å². The summed E-state index contributed by atoms with van der Waals surface area (Å²) in [5, 5.41) is 16.5. The Morgan fingerprint density at radius 2 is 0.773 bits per heavy atom. The lowest BCUT2D eigenvalue weighted by Crippen LogP contribution is -2.50. The number of amides is 17. The number of nitrogens with one attached hydrogen (secondary N) is 12. The molecule has 808 valence electrons. The SMILES string of the molecule is CC(C)N1CCN(C(=O)c2ccc(C(=O)NN)s2)CC1.CCN(CC)C(=O)c1ccc(C(=O)NN)s1.CN(C)C(=O)c1ccc(C(=O)NN)s1.COCCNC(=O)c1ccc(C(=O)NN)s1.NNC(=O)c1ccc(C(=O)N2CCCC2)s1.NNC(=O)c1ccc(C(=O)N2CCOCC2)s1.NNC(=O)c1ccc(C(=O)NCCO)c(Cl)c1.NNC(=O)c1ccc(C(=O)Nc2cccnc2)s1.[C-]#[N+]C(CC)C(=O)c1ccc(C(=O)NN)s1. The maximum Gasteiger partial charge on any atom is 0.286 e. The zero-order valence-electron chi connectivity index (χ0n) is 82.4. The quantitative estimate of drug-likeness (QED) is 0.00797. The van der Waals surface area contributed by atoms with Gasteiger partial charge in [0.05, 0.1) is 127 Å². The average molecular weight is 2250 g/mol. The molecule has 0 spiro atoms. The molecule has 1 atom stereocenters. The van der Waals surface area contributed by atoms with Crippen LogP contribution in [-0.2, 0) is 9.47 Å². The van der Waals surface area contributed by atoms with E-state index in [-0.39, 0.29) is 106 Å². The number of carbonyl (C=O) groups is 18. The fraction of sp³-hybridized carbons (Fsp3) is 0.319. The Labute approximate surface area is 898 Å². The summed E-state index contributed by atoms with van der Waals surface area (Å²) in [5.74, 6) is 40.1. The fourth-order valence-electron chi connectivity index (χ4n) is 12.4. The number of hydrazine groups is 9. The molecule has 31 N–H and O–H groups in total. The molecule has 0 bridgehead atoms. The van der Waals surface area contributed by atoms with Crippen molar-refractivity contribution >= 4 is 214 Å². The number of rotatable bonds is 29. The van der Waals surface area contributed by atoms with E-state index in [1.54, 1.807) is 153 Å². The minimum Gasteiger partial charge on any atom is -0.395 e. The molecule has 3 aliphatic heterocycles. The van der Waals surface area contributed by atoms with Crippen LogP contribution in [0.25, 0.3) is 4.85 Å². The molecule has 0 radical (unpaired) electrons. The third-order valence-corrected chi connectivity index (χ3v) is 29.2. The van der Waals surface area contributed by atoms with Gasteiger partial charge in [-0.05, 0) is 168 Å². The number of ether oxygens (including phenoxy) is 2. The van der Waals surface area contributed by atoms with Gasteiger partial charge in [-0.25, -0.2) is 59.2 Å². The number of hydrogen-bond donors (Lipinski definition) is 22. The first-order chi connectivity index (χ1) is 71.8. The molecule has 10 aromatic rings. The molecule has 0 aliphatic carbocycles. The first kappa shape index (κ1) is 126. The van der Waals surface area contributed by atoms with Crippen LogP contribution in [0.15, 0.2) is 140 Å². The number of carbonyl (C=O) groups excluding carboxylic acids is 18. The number of thiophene rings is 8. The molecule has 9 aromatic heterocycles. The maximum atomic E-state index is 12.4. The largest absolute Gasteiger partial charge is 0.395 e. The van der Waals surface area contributed by atoms with Crippen LogP contribution in [0, 0.1) is 6.57 Å². The molecule has 1 unspecified atom stereocenters. The van der Waals surface area contributed by atoms with Crippen molar-refractivity contribution in [3.05, 3.63) is 245 Å². The normalized spacial score (nSPS) is 12.1. The van der Waals surface area contributed by atoms with Gasteiger partial charge in [-0.3, -0.25) is 145 Å². The van der Waals surface area contributed by atoms with Gasteiger partial charge in [0.2, 0.25) is 0 Å². The summed E-state index contributed by atoms with van der Waals surface area (Å²) >= 11 is 14.8. The number of aromatic nitrogens is 1. The first-order valence-electron chi connectivity index (χ1n) is 44.9. The van der Waals surface area contributed by atoms with E-state index in [0.717, 1.165) is 120 Å². The monoisotopic (exact) mass is 2240 g/mol. The summed E-state index contributed by atoms with van der Waals surface area (Å²) in [6.07, 6.45) is 5.75. The molecule has 3 aliphatic rings. The number of morpholine rings is 1. The molecule has 17 amide bonds. The number of hydrogen-bond acceptors (Lipinski definition) is 40. The summed E-state index contributed by atoms with van der Waals surface area (Å²) in [7, 11) is 4.87. The van der Waals surface area contributed by atoms with Crippen molar-refractivity contribution in [2.45, 2.75) is 66.0 Å². The van der Waals surface area contributed by atoms with E-state index in [4.69, 9.17) is 85.3 Å². The molecule has 50 nitrogen and oxygen atoms in total. The van der Waals surface area contributed by atoms with E-state index in [1.807, 2.05) is 67.1 Å². The Morgan fingerprint density at radius 3 is 1.12 bits per heavy atom. The molecule has 3 saturated heterocycles. The topological polar surface area (TPSA) is 761 Å². The van der Waals surface area contributed by atoms with Crippen LogP contribution in [0.2, 0.25) is 5.02 Å². The number of ketones is 1. The van der Waals surface area contributed by atoms with E-state index in [1.165, 1.54) is 51.8 Å². The van der Waals surface area contributed by atoms with Crippen molar-refractivity contribution in [1.82, 2.24) is 93.8 Å². The summed E-state index contributed by atoms with van der Waals surface area (Å²) in [6.45, 7) is 26.2. The highest BCUT2D eigenvalue weighted by atomic mass is 35.5. The molecule has 12 heterocycles. The Kier molecular flexibility index (Phi) is 56.5. The van der Waals surface area contributed by atoms with Crippen LogP contribution >= 0.6 is 102 Å². The minimum absolute atomic E-state index is 0.00511. The smallest absolute Gasteiger partial charge is 0.286 e. The van der Waals surface area contributed by atoms with Crippen molar-refractivity contribution < 1.29 is 101 Å². The summed E-state index contributed by atoms with van der Waals surface area (Å²) < 4.78 is 9.97. The van der Waals surface area contributed by atoms with Gasteiger partial charge in [0.25, 0.3) is 112 Å². The minimum atomic E-state index is -0.660. The lowest BCUT2D eigenvalue weighted by molar-refractivity contribution is 0.0306. The Morgan fingerprint density at radius 1 is 0.433 bits per heavy atom. The molecule has 13 rings (SSSR count). The third-order valence-electron chi connectivity index (χ3n) is 20.3. The van der Waals surface area contributed by atoms with Gasteiger partial charge >= 0.3 is 0 Å². The van der Waals surface area contributed by atoms with E-state index < -0.39 is 35.6 Å². The van der Waals surface area contributed by atoms with E-state index in [0.29, 0.717) is 149 Å². The summed E-state index contributed by atoms with van der Waals surface area (Å²) in [5.41, 5.74) is 19.3. The van der Waals surface area contributed by atoms with Crippen LogP contribution in [0.5, 0.6) is 0 Å². The standard InChI is InChI=1S/C13H20N4O2S.C11H10N4O2S.C10H12ClN3O3.C10H13N3O3S.C10H13N3O2S.C10H11N3O2S.C10H15N3O2S.C9H13N3O3S.C8H11N3O2S/c1-9(2)16-5-7-17(8-6-16)13(19)11-4-3-10(20-11)12(18)15-14;12-15-11(17)9-4-3-8(18-9)10(16)14-7-2-1-5-13-6-7;11-8-5-6(9(16)14-12)1-2-7(8)10(17)13-3-4-15;11-12-9(14)7-1-2-8(17-7)10(15)13-3-5-16-6-4-13;11-12-9(14)7-3-4-8(16-7)10(15)13-5-1-2-6-13;1-3-6(12-2)9(14)7-4-5-8(16-7)10(15)13-11;1-3-13(4-2)10(15)8-6-5-7(16-8)9(14)12-11;1-15-5-4-11-8(13)6-2-3-7(16-6)9(14)12-10;1-11(2)8(13)6-4-3-5(14-6)7(12)10-9/h3-4,9H,5-8,14H2,1-2H3,(H,15,18);1-6H,12H2,(H,14,16)(H,15,17);1-2,5,15H,3-4,12H2,(H,13,17)(H,14,16);1-2H,3-6,11H2,(H,12,14);3-4H,1-2,5-6,11H2,(H,12,14);4-6H,3,11H2,1H3,(H,13,15);5-6H,3-4,11H2,1-2H3,(H,12,14);2-3H,4-5,10H2,1H3,(H,11,13)(H,12,14);3-4H,9H2,1-2H3,(H,10,12). The molecule has 0 saturated carbocycles. The van der Waals surface area contributed by atoms with E-state index >= 15 is 0 Å². The highest BCUT2D eigenvalue weighted by molar-refractivity contribution is 7.18. The fourth-order valence-corrected chi connectivity index (χ4v) is 19.6. The van der Waals surface area contributed by atoms with Crippen molar-refractivity contribution in [3.63, 3.8) is 0 Å². The van der Waals surface area contributed by atoms with Gasteiger partial charge < -0.3 is 59.9 Å². The van der Waals surface area contributed by atoms with Crippen molar-refractivity contribution in [2.75, 3.05) is 131 Å². The van der Waals surface area contributed by atoms with Gasteiger partial charge in [0, 0.05) is 124 Å². The highest BCUT2D eigenvalue weighted by Gasteiger charge is 2.30. The van der Waals surface area contributed by atoms with Gasteiger partial charge in [-0.1, -0.05) is 18.5 Å². The lowest BCUT2D eigenvalue weighted by atomic mass is 10.1. The third kappa shape index (κ3) is 40.1. The number of aliphatic hydroxyl groups excluding tert-OH is 1. The Balaban J connectivity index is 0.000000297. The predicted octanol–water partition coefficient (Wildman–Crippen LogP) is 3.44. The second-order valence-electron chi connectivity index (χ2n) is 30.6. The van der Waals surface area contributed by atoms with Gasteiger partial charge in [0.1, 0.15) is 0 Å². The number of nitrogen functional groups attached to an aromatic ring is 9. The van der Waals surface area contributed by atoms with Crippen molar-refractivity contribution in [3.8, 4) is 0 Å². The average Bonchev–Trinajstić information content (AvgIpc) is 1.46. The van der Waals surface area contributed by atoms with Crippen LogP contribution in [-0.4, -0.2) is 284 Å². The van der Waals surface area contributed by atoms with Gasteiger partial charge in [-0.2, -0.15) is 0 Å². The highest BCUT2D eigenvalue weighted by Crippen LogP contribution is 2.28. The zero-order chi connectivity index (χ0) is 111. The Bertz CT molecular complexity index is 6170. The number of pyridine rings is 1. The second kappa shape index (κ2) is 67.1. The summed E-state index contributed by atoms with van der Waals surface area (Å²) in [6, 6.07) is 33.1. The molecular weight excluding hydrogens is 2130 g/mol. The van der Waals surface area contributed by atoms with E-state index in [9.17, 15) is 86.3 Å². The predicted molar refractivity (Wildman–Crippen MR) is 571 cm³/mol. The van der Waals surface area contributed by atoms with Gasteiger partial charge in [0.15, 0.2) is 0 Å². The number of Topliss-reactive ketones (excluding diaryl/α,β-unsaturated/α-hetero) is 1. The van der Waals surface area contributed by atoms with Crippen LogP contribution in [0.3, 0.4) is 0 Å². The number of halogens is 1. The number of aliphatic hydroxyl groups is 1. The molecule has 59 heteroatoms. The molecule has 3 fully saturated rings. The van der Waals surface area contributed by atoms with Crippen molar-refractivity contribution in [1.29, 1.82) is 0 Å². The second-order valence-corrected chi connectivity index (χ2v) is 39.7. The molecular formula is C91H118ClN29O21S8. The number of nitrogens with zero attached hydrogens (tertiary/aromatic N) is 8. The molecule has 150 heavy (non-hydrogen) atoms. The summed E-state index contributed by atoms with van der Waals surface area (Å²) in [4.78, 5) is 233. The number of benzene rings is 1. The lowest BCUT2D eigenvalue weighted by Gasteiger charge is -2.36. The molecule has 1 aromatic carbocycles. The number of anilines is 1. The van der Waals surface area contributed by atoms with Crippen LogP contribution in [0.4, 0.5) is 5.69 Å². The number of likely N-dealkylation sites (tertiary alicyclic amines) is 1. The van der Waals surface area contributed by atoms with Gasteiger partial charge in [-0.15, -0.1) is 90.7 Å².